The number of pyridine rings is 2. The molecule has 3 aromatic carbocycles. The van der Waals surface area contributed by atoms with Crippen LogP contribution in [0.5, 0.6) is 11.6 Å². The largest absolute Gasteiger partial charge is 0.475 e. The molecule has 0 saturated heterocycles. The Labute approximate surface area is 369 Å². The molecule has 3 aromatic heterocycles. The molecule has 3 heterocycles. The van der Waals surface area contributed by atoms with Crippen molar-refractivity contribution in [2.75, 3.05) is 28.2 Å². The molecule has 2 aliphatic rings. The number of benzene rings is 3. The molecule has 2 saturated carbocycles. The zero-order chi connectivity index (χ0) is 45.0. The van der Waals surface area contributed by atoms with Crippen molar-refractivity contribution in [1.82, 2.24) is 19.8 Å². The number of para-hydroxylation sites is 1. The Hall–Kier alpha value is -6.21. The number of carbonyl (C=O) groups is 2. The molecule has 12 heteroatoms. The van der Waals surface area contributed by atoms with E-state index < -0.39 is 11.9 Å². The van der Waals surface area contributed by atoms with Crippen LogP contribution in [0.1, 0.15) is 106 Å². The van der Waals surface area contributed by atoms with Crippen LogP contribution in [0.15, 0.2) is 138 Å². The summed E-state index contributed by atoms with van der Waals surface area (Å²) < 4.78 is 24.5. The van der Waals surface area contributed by atoms with Crippen LogP contribution in [0.4, 0.5) is 4.39 Å². The van der Waals surface area contributed by atoms with Gasteiger partial charge in [-0.1, -0.05) is 66.7 Å². The molecule has 2 aliphatic carbocycles. The first kappa shape index (κ1) is 46.3. The standard InChI is InChI=1S/C25H28N4O2.C14H21FN2.C12H10O3/c1-29(2)25(22-10-6-7-17-27-22)15-13-18(14-16-25)21-12-11-20(23(26)30)24(28-21)31-19-8-4-3-5-9-19;1-17(2)14(8-6-13(16)7-9-14)11-4-3-5-12(15)10-11;13-12(14)11-7-6-10(15-11)8-9-4-2-1-3-5-9/h3-12,17-18H,13-16H2,1-2H3,(H2,26,30);3-5,10,13H,6-9,16H2,1-2H3;1-7H,8H2,(H,13,14). The van der Waals surface area contributed by atoms with E-state index in [0.29, 0.717) is 29.5 Å². The molecular formula is C51H59FN6O5. The topological polar surface area (TPSA) is 161 Å². The second-order valence-electron chi connectivity index (χ2n) is 16.8. The quantitative estimate of drug-likeness (QED) is 0.115. The highest BCUT2D eigenvalue weighted by Crippen LogP contribution is 2.46. The fourth-order valence-corrected chi connectivity index (χ4v) is 8.78. The van der Waals surface area contributed by atoms with Crippen LogP contribution in [0.3, 0.4) is 0 Å². The predicted octanol–water partition coefficient (Wildman–Crippen LogP) is 9.54. The summed E-state index contributed by atoms with van der Waals surface area (Å²) in [5, 5.41) is 8.67. The highest BCUT2D eigenvalue weighted by molar-refractivity contribution is 5.95. The van der Waals surface area contributed by atoms with Crippen LogP contribution in [-0.4, -0.2) is 71.0 Å². The third kappa shape index (κ3) is 11.6. The van der Waals surface area contributed by atoms with Gasteiger partial charge in [-0.05, 0) is 151 Å². The average Bonchev–Trinajstić information content (AvgIpc) is 3.77. The second-order valence-corrected chi connectivity index (χ2v) is 16.8. The number of carbonyl (C=O) groups excluding carboxylic acids is 1. The lowest BCUT2D eigenvalue weighted by atomic mass is 9.72. The first-order valence-corrected chi connectivity index (χ1v) is 21.5. The van der Waals surface area contributed by atoms with Crippen LogP contribution in [0, 0.1) is 5.82 Å². The molecule has 330 valence electrons. The van der Waals surface area contributed by atoms with Gasteiger partial charge < -0.3 is 25.7 Å². The number of nitrogens with two attached hydrogens (primary N) is 2. The zero-order valence-corrected chi connectivity index (χ0v) is 36.6. The first-order chi connectivity index (χ1) is 30.3. The Morgan fingerprint density at radius 1 is 0.778 bits per heavy atom. The monoisotopic (exact) mass is 854 g/mol. The summed E-state index contributed by atoms with van der Waals surface area (Å²) in [5.41, 5.74) is 15.9. The number of ether oxygens (including phenoxy) is 1. The van der Waals surface area contributed by atoms with E-state index in [1.54, 1.807) is 24.3 Å². The number of nitrogens with zero attached hydrogens (tertiary/aromatic N) is 4. The maximum Gasteiger partial charge on any atom is 0.371 e. The van der Waals surface area contributed by atoms with Gasteiger partial charge >= 0.3 is 5.97 Å². The molecular weight excluding hydrogens is 796 g/mol. The van der Waals surface area contributed by atoms with Crippen molar-refractivity contribution in [2.45, 2.75) is 80.8 Å². The number of aromatic carboxylic acids is 1. The van der Waals surface area contributed by atoms with Gasteiger partial charge in [0.25, 0.3) is 5.91 Å². The summed E-state index contributed by atoms with van der Waals surface area (Å²) in [7, 11) is 8.39. The summed E-state index contributed by atoms with van der Waals surface area (Å²) >= 11 is 0. The van der Waals surface area contributed by atoms with Crippen LogP contribution >= 0.6 is 0 Å². The smallest absolute Gasteiger partial charge is 0.371 e. The fraction of sp³-hybridized carbons (Fsp3) is 0.333. The minimum absolute atomic E-state index is 0.0130. The summed E-state index contributed by atoms with van der Waals surface area (Å²) in [6.07, 6.45) is 10.4. The Balaban J connectivity index is 0.000000174. The first-order valence-electron chi connectivity index (χ1n) is 21.5. The van der Waals surface area contributed by atoms with E-state index in [2.05, 4.69) is 55.1 Å². The molecule has 0 bridgehead atoms. The third-order valence-electron chi connectivity index (χ3n) is 12.5. The van der Waals surface area contributed by atoms with Crippen molar-refractivity contribution in [2.24, 2.45) is 11.5 Å². The van der Waals surface area contributed by atoms with Crippen LogP contribution in [0.2, 0.25) is 0 Å². The maximum absolute atomic E-state index is 13.4. The number of aromatic nitrogens is 2. The SMILES string of the molecule is CN(C)C1(c2cccc(F)c2)CCC(N)CC1.CN(C)C1(c2ccccn2)CCC(c2ccc(C(N)=O)c(Oc3ccccc3)n2)CC1.O=C(O)c1ccc(Cc2ccccc2)o1. The van der Waals surface area contributed by atoms with E-state index in [1.165, 1.54) is 12.1 Å². The van der Waals surface area contributed by atoms with Gasteiger partial charge in [0.15, 0.2) is 0 Å². The number of primary amides is 1. The predicted molar refractivity (Wildman–Crippen MR) is 243 cm³/mol. The Morgan fingerprint density at radius 2 is 1.41 bits per heavy atom. The fourth-order valence-electron chi connectivity index (χ4n) is 8.78. The molecule has 0 radical (unpaired) electrons. The zero-order valence-electron chi connectivity index (χ0n) is 36.6. The highest BCUT2D eigenvalue weighted by atomic mass is 19.1. The summed E-state index contributed by atoms with van der Waals surface area (Å²) in [6, 6.07) is 39.3. The van der Waals surface area contributed by atoms with E-state index in [9.17, 15) is 14.0 Å². The second kappa shape index (κ2) is 21.2. The number of hydrogen-bond acceptors (Lipinski definition) is 9. The molecule has 11 nitrogen and oxygen atoms in total. The number of rotatable bonds is 11. The molecule has 0 atom stereocenters. The van der Waals surface area contributed by atoms with Gasteiger partial charge in [-0.3, -0.25) is 19.6 Å². The van der Waals surface area contributed by atoms with Crippen molar-refractivity contribution in [3.05, 3.63) is 179 Å². The van der Waals surface area contributed by atoms with Crippen molar-refractivity contribution in [1.29, 1.82) is 0 Å². The van der Waals surface area contributed by atoms with Crippen molar-refractivity contribution in [3.63, 3.8) is 0 Å². The van der Waals surface area contributed by atoms with E-state index in [-0.39, 0.29) is 34.5 Å². The van der Waals surface area contributed by atoms with E-state index >= 15 is 0 Å². The van der Waals surface area contributed by atoms with Crippen LogP contribution < -0.4 is 16.2 Å². The Bertz CT molecular complexity index is 2380. The normalized spacial score (nSPS) is 20.8. The van der Waals surface area contributed by atoms with Crippen molar-refractivity contribution >= 4 is 11.9 Å². The van der Waals surface area contributed by atoms with Crippen molar-refractivity contribution in [3.8, 4) is 11.6 Å². The summed E-state index contributed by atoms with van der Waals surface area (Å²) in [4.78, 5) is 36.4. The van der Waals surface area contributed by atoms with Gasteiger partial charge in [-0.25, -0.2) is 14.2 Å². The lowest BCUT2D eigenvalue weighted by Gasteiger charge is -2.45. The number of amides is 1. The maximum atomic E-state index is 13.4. The summed E-state index contributed by atoms with van der Waals surface area (Å²) in [6.45, 7) is 0. The highest BCUT2D eigenvalue weighted by Gasteiger charge is 2.41. The number of carboxylic acid groups (broad SMARTS) is 1. The molecule has 5 N–H and O–H groups in total. The van der Waals surface area contributed by atoms with Gasteiger partial charge in [0.1, 0.15) is 22.9 Å². The molecule has 0 spiro atoms. The number of carboxylic acids is 1. The third-order valence-corrected chi connectivity index (χ3v) is 12.5. The van der Waals surface area contributed by atoms with Crippen LogP contribution in [-0.2, 0) is 17.5 Å². The minimum atomic E-state index is -1.03. The van der Waals surface area contributed by atoms with Gasteiger partial charge in [-0.15, -0.1) is 0 Å². The van der Waals surface area contributed by atoms with Crippen molar-refractivity contribution < 1.29 is 28.2 Å². The lowest BCUT2D eigenvalue weighted by Crippen LogP contribution is -2.46. The summed E-state index contributed by atoms with van der Waals surface area (Å²) in [5.74, 6) is 0.102. The molecule has 8 rings (SSSR count). The van der Waals surface area contributed by atoms with Gasteiger partial charge in [0.2, 0.25) is 11.6 Å². The Kier molecular flexibility index (Phi) is 15.6. The van der Waals surface area contributed by atoms with E-state index in [0.717, 1.165) is 73.9 Å². The molecule has 1 amide bonds. The minimum Gasteiger partial charge on any atom is -0.475 e. The number of halogens is 1. The van der Waals surface area contributed by atoms with E-state index in [4.69, 9.17) is 30.7 Å². The number of furan rings is 1. The molecule has 63 heavy (non-hydrogen) atoms. The molecule has 6 aromatic rings. The average molecular weight is 855 g/mol. The van der Waals surface area contributed by atoms with Gasteiger partial charge in [-0.2, -0.15) is 0 Å². The van der Waals surface area contributed by atoms with E-state index in [1.807, 2.05) is 85.1 Å². The lowest BCUT2D eigenvalue weighted by molar-refractivity contribution is 0.0660. The van der Waals surface area contributed by atoms with Gasteiger partial charge in [0, 0.05) is 35.8 Å². The number of hydrogen-bond donors (Lipinski definition) is 3. The molecule has 0 unspecified atom stereocenters. The van der Waals surface area contributed by atoms with Gasteiger partial charge in [0.05, 0.1) is 11.2 Å². The van der Waals surface area contributed by atoms with Crippen LogP contribution in [0.25, 0.3) is 0 Å². The Morgan fingerprint density at radius 3 is 1.98 bits per heavy atom. The molecule has 2 fully saturated rings. The molecule has 0 aliphatic heterocycles.